The Morgan fingerprint density at radius 1 is 1.17 bits per heavy atom. The zero-order chi connectivity index (χ0) is 17.7. The van der Waals surface area contributed by atoms with Crippen molar-refractivity contribution in [2.75, 3.05) is 0 Å². The molecule has 0 fully saturated rings. The average molecular weight is 329 g/mol. The average Bonchev–Trinajstić information content (AvgIpc) is 2.54. The van der Waals surface area contributed by atoms with Gasteiger partial charge in [-0.1, -0.05) is 12.1 Å². The molecule has 0 heterocycles. The number of carbonyl (C=O) groups is 2. The van der Waals surface area contributed by atoms with E-state index in [0.717, 1.165) is 12.1 Å². The van der Waals surface area contributed by atoms with E-state index >= 15 is 0 Å². The Morgan fingerprint density at radius 3 is 2.50 bits per heavy atom. The number of nitrogens with zero attached hydrogens (tertiary/aromatic N) is 1. The highest BCUT2D eigenvalue weighted by Crippen LogP contribution is 2.26. The topological polar surface area (TPSA) is 95.7 Å². The van der Waals surface area contributed by atoms with Crippen LogP contribution >= 0.6 is 0 Å². The van der Waals surface area contributed by atoms with E-state index in [4.69, 9.17) is 9.47 Å². The summed E-state index contributed by atoms with van der Waals surface area (Å²) < 4.78 is 10.8. The predicted octanol–water partition coefficient (Wildman–Crippen LogP) is 3.41. The first kappa shape index (κ1) is 17.1. The Bertz CT molecular complexity index is 784. The van der Waals surface area contributed by atoms with Crippen LogP contribution in [0.15, 0.2) is 42.5 Å². The highest BCUT2D eigenvalue weighted by atomic mass is 16.6. The van der Waals surface area contributed by atoms with Gasteiger partial charge in [-0.05, 0) is 32.0 Å². The lowest BCUT2D eigenvalue weighted by Crippen LogP contribution is -2.14. The quantitative estimate of drug-likeness (QED) is 0.265. The normalized spacial score (nSPS) is 10.3. The van der Waals surface area contributed by atoms with Crippen LogP contribution in [0.1, 0.15) is 34.6 Å². The number of benzene rings is 2. The van der Waals surface area contributed by atoms with Gasteiger partial charge in [0.15, 0.2) is 6.29 Å². The molecule has 0 radical (unpaired) electrons. The largest absolute Gasteiger partial charge is 0.490 e. The van der Waals surface area contributed by atoms with E-state index < -0.39 is 10.9 Å². The molecule has 0 aromatic heterocycles. The Labute approximate surface area is 138 Å². The minimum Gasteiger partial charge on any atom is -0.490 e. The summed E-state index contributed by atoms with van der Waals surface area (Å²) in [5.74, 6) is -0.421. The van der Waals surface area contributed by atoms with Crippen molar-refractivity contribution in [3.05, 3.63) is 63.7 Å². The van der Waals surface area contributed by atoms with E-state index in [1.54, 1.807) is 18.2 Å². The maximum Gasteiger partial charge on any atom is 0.347 e. The van der Waals surface area contributed by atoms with Gasteiger partial charge in [0, 0.05) is 12.1 Å². The molecular weight excluding hydrogens is 314 g/mol. The van der Waals surface area contributed by atoms with Crippen molar-refractivity contribution in [3.8, 4) is 11.5 Å². The maximum absolute atomic E-state index is 12.4. The van der Waals surface area contributed by atoms with Crippen LogP contribution in [0.4, 0.5) is 5.69 Å². The van der Waals surface area contributed by atoms with Crippen LogP contribution in [0, 0.1) is 10.1 Å². The number of rotatable bonds is 6. The van der Waals surface area contributed by atoms with E-state index in [-0.39, 0.29) is 28.7 Å². The molecule has 24 heavy (non-hydrogen) atoms. The summed E-state index contributed by atoms with van der Waals surface area (Å²) in [4.78, 5) is 33.5. The monoisotopic (exact) mass is 329 g/mol. The molecule has 124 valence electrons. The summed E-state index contributed by atoms with van der Waals surface area (Å²) in [6.45, 7) is 3.64. The van der Waals surface area contributed by atoms with Gasteiger partial charge in [0.25, 0.3) is 5.69 Å². The summed E-state index contributed by atoms with van der Waals surface area (Å²) in [6, 6.07) is 9.96. The van der Waals surface area contributed by atoms with E-state index in [1.165, 1.54) is 12.1 Å². The minimum atomic E-state index is -0.719. The van der Waals surface area contributed by atoms with E-state index in [2.05, 4.69) is 0 Å². The number of carbonyl (C=O) groups excluding carboxylic acids is 2. The summed E-state index contributed by atoms with van der Waals surface area (Å²) in [5.41, 5.74) is -0.151. The van der Waals surface area contributed by atoms with Crippen molar-refractivity contribution < 1.29 is 24.0 Å². The van der Waals surface area contributed by atoms with Gasteiger partial charge < -0.3 is 9.47 Å². The second kappa shape index (κ2) is 7.36. The molecule has 0 aliphatic heterocycles. The summed E-state index contributed by atoms with van der Waals surface area (Å²) in [5, 5.41) is 10.7. The second-order valence-electron chi connectivity index (χ2n) is 5.15. The zero-order valence-corrected chi connectivity index (χ0v) is 13.1. The standard InChI is InChI=1S/C17H15NO6/c1-11(2)23-16-6-4-3-5-14(16)17(20)24-15-8-7-13(18(21)22)9-12(15)10-19/h3-11H,1-2H3. The van der Waals surface area contributed by atoms with Crippen LogP contribution in [-0.4, -0.2) is 23.3 Å². The number of hydrogen-bond donors (Lipinski definition) is 0. The second-order valence-corrected chi connectivity index (χ2v) is 5.15. The van der Waals surface area contributed by atoms with Gasteiger partial charge in [0.2, 0.25) is 0 Å². The molecule has 2 aromatic rings. The third kappa shape index (κ3) is 3.95. The molecule has 2 rings (SSSR count). The number of nitro benzene ring substituents is 1. The number of ether oxygens (including phenoxy) is 2. The van der Waals surface area contributed by atoms with Crippen molar-refractivity contribution >= 4 is 17.9 Å². The third-order valence-electron chi connectivity index (χ3n) is 3.00. The fourth-order valence-electron chi connectivity index (χ4n) is 1.98. The van der Waals surface area contributed by atoms with Crippen LogP contribution in [0.5, 0.6) is 11.5 Å². The molecule has 0 bridgehead atoms. The van der Waals surface area contributed by atoms with Gasteiger partial charge in [0.05, 0.1) is 16.6 Å². The van der Waals surface area contributed by atoms with Crippen molar-refractivity contribution in [2.24, 2.45) is 0 Å². The Kier molecular flexibility index (Phi) is 5.26. The van der Waals surface area contributed by atoms with Gasteiger partial charge >= 0.3 is 5.97 Å². The number of non-ortho nitro benzene ring substituents is 1. The molecule has 0 aliphatic carbocycles. The van der Waals surface area contributed by atoms with Crippen molar-refractivity contribution in [1.82, 2.24) is 0 Å². The van der Waals surface area contributed by atoms with Crippen LogP contribution < -0.4 is 9.47 Å². The van der Waals surface area contributed by atoms with E-state index in [1.807, 2.05) is 13.8 Å². The fourth-order valence-corrected chi connectivity index (χ4v) is 1.98. The smallest absolute Gasteiger partial charge is 0.347 e. The van der Waals surface area contributed by atoms with Crippen LogP contribution in [-0.2, 0) is 0 Å². The maximum atomic E-state index is 12.4. The lowest BCUT2D eigenvalue weighted by Gasteiger charge is -2.13. The first-order valence-corrected chi connectivity index (χ1v) is 7.14. The predicted molar refractivity (Wildman–Crippen MR) is 85.6 cm³/mol. The lowest BCUT2D eigenvalue weighted by atomic mass is 10.2. The summed E-state index contributed by atoms with van der Waals surface area (Å²) >= 11 is 0. The number of aldehydes is 1. The molecule has 0 atom stereocenters. The molecule has 0 aliphatic rings. The number of hydrogen-bond acceptors (Lipinski definition) is 6. The molecule has 0 saturated carbocycles. The molecule has 2 aromatic carbocycles. The van der Waals surface area contributed by atoms with E-state index in [0.29, 0.717) is 12.0 Å². The first-order valence-electron chi connectivity index (χ1n) is 7.14. The molecular formula is C17H15NO6. The van der Waals surface area contributed by atoms with Crippen LogP contribution in [0.2, 0.25) is 0 Å². The molecule has 0 saturated heterocycles. The molecule has 7 heteroatoms. The Morgan fingerprint density at radius 2 is 1.88 bits per heavy atom. The van der Waals surface area contributed by atoms with Crippen LogP contribution in [0.3, 0.4) is 0 Å². The molecule has 0 amide bonds. The summed E-state index contributed by atoms with van der Waals surface area (Å²) in [6.07, 6.45) is 0.260. The Hall–Kier alpha value is -3.22. The molecule has 7 nitrogen and oxygen atoms in total. The molecule has 0 unspecified atom stereocenters. The first-order chi connectivity index (χ1) is 11.4. The molecule has 0 spiro atoms. The highest BCUT2D eigenvalue weighted by molar-refractivity contribution is 5.95. The van der Waals surface area contributed by atoms with Gasteiger partial charge in [-0.2, -0.15) is 0 Å². The van der Waals surface area contributed by atoms with Gasteiger partial charge in [0.1, 0.15) is 17.1 Å². The van der Waals surface area contributed by atoms with Crippen molar-refractivity contribution in [1.29, 1.82) is 0 Å². The third-order valence-corrected chi connectivity index (χ3v) is 3.00. The van der Waals surface area contributed by atoms with Crippen LogP contribution in [0.25, 0.3) is 0 Å². The highest BCUT2D eigenvalue weighted by Gasteiger charge is 2.18. The Balaban J connectivity index is 2.30. The van der Waals surface area contributed by atoms with Crippen molar-refractivity contribution in [2.45, 2.75) is 20.0 Å². The minimum absolute atomic E-state index is 0.0556. The number of esters is 1. The van der Waals surface area contributed by atoms with Crippen molar-refractivity contribution in [3.63, 3.8) is 0 Å². The number of nitro groups is 1. The zero-order valence-electron chi connectivity index (χ0n) is 13.1. The van der Waals surface area contributed by atoms with E-state index in [9.17, 15) is 19.7 Å². The fraction of sp³-hybridized carbons (Fsp3) is 0.176. The lowest BCUT2D eigenvalue weighted by molar-refractivity contribution is -0.384. The SMILES string of the molecule is CC(C)Oc1ccccc1C(=O)Oc1ccc([N+](=O)[O-])cc1C=O. The summed E-state index contributed by atoms with van der Waals surface area (Å²) in [7, 11) is 0. The molecule has 0 N–H and O–H groups in total. The van der Waals surface area contributed by atoms with Gasteiger partial charge in [-0.3, -0.25) is 14.9 Å². The number of para-hydroxylation sites is 1. The van der Waals surface area contributed by atoms with Gasteiger partial charge in [-0.15, -0.1) is 0 Å². The van der Waals surface area contributed by atoms with Gasteiger partial charge in [-0.25, -0.2) is 4.79 Å².